The molecule has 2 aromatic carbocycles. The maximum absolute atomic E-state index is 13.8. The summed E-state index contributed by atoms with van der Waals surface area (Å²) in [7, 11) is 0. The zero-order chi connectivity index (χ0) is 25.8. The highest BCUT2D eigenvalue weighted by Gasteiger charge is 2.52. The molecule has 8 nitrogen and oxygen atoms in total. The molecule has 3 aliphatic heterocycles. The van der Waals surface area contributed by atoms with Gasteiger partial charge in [0, 0.05) is 25.3 Å². The minimum absolute atomic E-state index is 0.132. The van der Waals surface area contributed by atoms with E-state index in [0.717, 1.165) is 50.0 Å². The number of carbonyl (C=O) groups excluding carboxylic acids is 3. The third kappa shape index (κ3) is 5.34. The molecule has 2 amide bonds. The first-order chi connectivity index (χ1) is 18.0. The SMILES string of the molecule is CC1CCN(C(=O)COC(=O)c2cccc(CN3CN(c4ccccc4)C4(CCNCC4)C3=O)c2)CC1. The molecule has 3 heterocycles. The number of amides is 2. The van der Waals surface area contributed by atoms with Gasteiger partial charge in [0.15, 0.2) is 6.61 Å². The van der Waals surface area contributed by atoms with Crippen LogP contribution in [-0.2, 0) is 20.9 Å². The van der Waals surface area contributed by atoms with Gasteiger partial charge in [0.2, 0.25) is 5.91 Å². The van der Waals surface area contributed by atoms with Crippen molar-refractivity contribution in [2.75, 3.05) is 44.4 Å². The van der Waals surface area contributed by atoms with Crippen LogP contribution in [0.15, 0.2) is 54.6 Å². The van der Waals surface area contributed by atoms with Crippen molar-refractivity contribution in [1.29, 1.82) is 0 Å². The van der Waals surface area contributed by atoms with Crippen molar-refractivity contribution in [2.24, 2.45) is 5.92 Å². The molecule has 8 heteroatoms. The second kappa shape index (κ2) is 10.9. The van der Waals surface area contributed by atoms with Gasteiger partial charge < -0.3 is 24.8 Å². The topological polar surface area (TPSA) is 82.2 Å². The molecule has 0 unspecified atom stereocenters. The van der Waals surface area contributed by atoms with Gasteiger partial charge in [0.05, 0.1) is 12.2 Å². The third-order valence-corrected chi connectivity index (χ3v) is 8.01. The number of hydrogen-bond acceptors (Lipinski definition) is 6. The quantitative estimate of drug-likeness (QED) is 0.609. The molecule has 3 fully saturated rings. The highest BCUT2D eigenvalue weighted by molar-refractivity contribution is 5.94. The number of benzene rings is 2. The van der Waals surface area contributed by atoms with E-state index in [0.29, 0.717) is 37.8 Å². The predicted octanol–water partition coefficient (Wildman–Crippen LogP) is 3.03. The Labute approximate surface area is 218 Å². The van der Waals surface area contributed by atoms with Gasteiger partial charge in [0.25, 0.3) is 5.91 Å². The standard InChI is InChI=1S/C29H36N4O4/c1-22-10-16-31(17-11-22)26(34)20-37-27(35)24-7-5-6-23(18-24)19-32-21-33(25-8-3-2-4-9-25)29(28(32)36)12-14-30-15-13-29/h2-9,18,22,30H,10-17,19-21H2,1H3. The van der Waals surface area contributed by atoms with E-state index in [1.54, 1.807) is 23.1 Å². The van der Waals surface area contributed by atoms with Crippen LogP contribution in [-0.4, -0.2) is 72.6 Å². The fourth-order valence-corrected chi connectivity index (χ4v) is 5.74. The molecule has 5 rings (SSSR count). The molecule has 3 saturated heterocycles. The molecular formula is C29H36N4O4. The van der Waals surface area contributed by atoms with E-state index in [4.69, 9.17) is 4.74 Å². The molecule has 1 spiro atoms. The maximum Gasteiger partial charge on any atom is 0.338 e. The average Bonchev–Trinajstić information content (AvgIpc) is 3.19. The molecule has 3 aliphatic rings. The Hall–Kier alpha value is -3.39. The van der Waals surface area contributed by atoms with Gasteiger partial charge >= 0.3 is 5.97 Å². The fraction of sp³-hybridized carbons (Fsp3) is 0.483. The predicted molar refractivity (Wildman–Crippen MR) is 141 cm³/mol. The van der Waals surface area contributed by atoms with E-state index in [9.17, 15) is 14.4 Å². The second-order valence-electron chi connectivity index (χ2n) is 10.5. The molecule has 1 N–H and O–H groups in total. The van der Waals surface area contributed by atoms with E-state index in [2.05, 4.69) is 29.3 Å². The first kappa shape index (κ1) is 25.3. The summed E-state index contributed by atoms with van der Waals surface area (Å²) in [6.45, 7) is 5.89. The third-order valence-electron chi connectivity index (χ3n) is 8.01. The molecule has 37 heavy (non-hydrogen) atoms. The maximum atomic E-state index is 13.8. The largest absolute Gasteiger partial charge is 0.452 e. The number of nitrogens with one attached hydrogen (secondary N) is 1. The van der Waals surface area contributed by atoms with Gasteiger partial charge in [0.1, 0.15) is 5.54 Å². The number of piperidine rings is 2. The zero-order valence-electron chi connectivity index (χ0n) is 21.5. The lowest BCUT2D eigenvalue weighted by Gasteiger charge is -2.40. The van der Waals surface area contributed by atoms with E-state index < -0.39 is 11.5 Å². The number of esters is 1. The number of carbonyl (C=O) groups is 3. The van der Waals surface area contributed by atoms with Gasteiger partial charge in [-0.25, -0.2) is 4.79 Å². The minimum Gasteiger partial charge on any atom is -0.452 e. The van der Waals surface area contributed by atoms with E-state index in [1.807, 2.05) is 29.2 Å². The van der Waals surface area contributed by atoms with Crippen LogP contribution in [0.3, 0.4) is 0 Å². The molecular weight excluding hydrogens is 468 g/mol. The first-order valence-electron chi connectivity index (χ1n) is 13.3. The summed E-state index contributed by atoms with van der Waals surface area (Å²) in [5, 5.41) is 3.38. The first-order valence-corrected chi connectivity index (χ1v) is 13.3. The Morgan fingerprint density at radius 1 is 1.03 bits per heavy atom. The van der Waals surface area contributed by atoms with Gasteiger partial charge in [-0.2, -0.15) is 0 Å². The molecule has 0 aromatic heterocycles. The second-order valence-corrected chi connectivity index (χ2v) is 10.5. The van der Waals surface area contributed by atoms with Crippen molar-refractivity contribution < 1.29 is 19.1 Å². The minimum atomic E-state index is -0.546. The van der Waals surface area contributed by atoms with Crippen molar-refractivity contribution in [3.8, 4) is 0 Å². The van der Waals surface area contributed by atoms with Crippen molar-refractivity contribution in [3.63, 3.8) is 0 Å². The van der Waals surface area contributed by atoms with Crippen molar-refractivity contribution in [2.45, 2.75) is 44.7 Å². The monoisotopic (exact) mass is 504 g/mol. The Morgan fingerprint density at radius 3 is 2.49 bits per heavy atom. The Balaban J connectivity index is 1.25. The summed E-state index contributed by atoms with van der Waals surface area (Å²) >= 11 is 0. The summed E-state index contributed by atoms with van der Waals surface area (Å²) in [5.74, 6) is 0.0925. The van der Waals surface area contributed by atoms with Gasteiger partial charge in [-0.3, -0.25) is 9.59 Å². The zero-order valence-corrected chi connectivity index (χ0v) is 21.5. The molecule has 2 aromatic rings. The highest BCUT2D eigenvalue weighted by Crippen LogP contribution is 2.38. The van der Waals surface area contributed by atoms with E-state index in [-0.39, 0.29) is 18.4 Å². The summed E-state index contributed by atoms with van der Waals surface area (Å²) in [6.07, 6.45) is 3.48. The summed E-state index contributed by atoms with van der Waals surface area (Å²) in [6, 6.07) is 17.3. The van der Waals surface area contributed by atoms with Crippen LogP contribution >= 0.6 is 0 Å². The number of anilines is 1. The van der Waals surface area contributed by atoms with Crippen LogP contribution in [0.25, 0.3) is 0 Å². The van der Waals surface area contributed by atoms with Gasteiger partial charge in [-0.15, -0.1) is 0 Å². The lowest BCUT2D eigenvalue weighted by Crippen LogP contribution is -2.55. The van der Waals surface area contributed by atoms with Crippen LogP contribution in [0.1, 0.15) is 48.5 Å². The normalized spacial score (nSPS) is 19.9. The molecule has 0 saturated carbocycles. The number of likely N-dealkylation sites (tertiary alicyclic amines) is 1. The van der Waals surface area contributed by atoms with Crippen molar-refractivity contribution >= 4 is 23.5 Å². The highest BCUT2D eigenvalue weighted by atomic mass is 16.5. The van der Waals surface area contributed by atoms with Gasteiger partial charge in [-0.1, -0.05) is 37.3 Å². The fourth-order valence-electron chi connectivity index (χ4n) is 5.74. The van der Waals surface area contributed by atoms with Crippen LogP contribution in [0.2, 0.25) is 0 Å². The number of para-hydroxylation sites is 1. The number of nitrogens with zero attached hydrogens (tertiary/aromatic N) is 3. The molecule has 0 aliphatic carbocycles. The molecule has 0 atom stereocenters. The molecule has 0 bridgehead atoms. The Kier molecular flexibility index (Phi) is 7.46. The lowest BCUT2D eigenvalue weighted by molar-refractivity contribution is -0.136. The Morgan fingerprint density at radius 2 is 1.76 bits per heavy atom. The average molecular weight is 505 g/mol. The number of hydrogen-bond donors (Lipinski definition) is 1. The van der Waals surface area contributed by atoms with Crippen LogP contribution in [0.5, 0.6) is 0 Å². The van der Waals surface area contributed by atoms with Crippen molar-refractivity contribution in [1.82, 2.24) is 15.1 Å². The van der Waals surface area contributed by atoms with E-state index >= 15 is 0 Å². The molecule has 0 radical (unpaired) electrons. The summed E-state index contributed by atoms with van der Waals surface area (Å²) < 4.78 is 5.36. The van der Waals surface area contributed by atoms with Crippen molar-refractivity contribution in [3.05, 3.63) is 65.7 Å². The number of ether oxygens (including phenoxy) is 1. The summed E-state index contributed by atoms with van der Waals surface area (Å²) in [5.41, 5.74) is 1.75. The van der Waals surface area contributed by atoms with Crippen LogP contribution in [0, 0.1) is 5.92 Å². The summed E-state index contributed by atoms with van der Waals surface area (Å²) in [4.78, 5) is 44.8. The smallest absolute Gasteiger partial charge is 0.338 e. The number of rotatable bonds is 6. The molecule has 196 valence electrons. The van der Waals surface area contributed by atoms with Crippen LogP contribution in [0.4, 0.5) is 5.69 Å². The van der Waals surface area contributed by atoms with Crippen LogP contribution < -0.4 is 10.2 Å². The van der Waals surface area contributed by atoms with E-state index in [1.165, 1.54) is 0 Å². The Bertz CT molecular complexity index is 1120. The lowest BCUT2D eigenvalue weighted by atomic mass is 9.86. The van der Waals surface area contributed by atoms with Gasteiger partial charge in [-0.05, 0) is 74.5 Å².